The maximum Gasteiger partial charge on any atom is 0.0165 e. The van der Waals surface area contributed by atoms with Crippen LogP contribution >= 0.6 is 0 Å². The first kappa shape index (κ1) is 12.7. The number of rotatable bonds is 4. The van der Waals surface area contributed by atoms with E-state index in [1.54, 1.807) is 0 Å². The summed E-state index contributed by atoms with van der Waals surface area (Å²) in [5.41, 5.74) is 0.247. The molecule has 0 bridgehead atoms. The minimum atomic E-state index is 0.247. The fraction of sp³-hybridized carbons (Fsp3) is 0.846. The molecule has 1 heterocycles. The van der Waals surface area contributed by atoms with Crippen LogP contribution in [0.3, 0.4) is 0 Å². The first-order valence-electron chi connectivity index (χ1n) is 6.02. The molecule has 0 aromatic rings. The van der Waals surface area contributed by atoms with Gasteiger partial charge in [-0.3, -0.25) is 4.90 Å². The van der Waals surface area contributed by atoms with E-state index in [-0.39, 0.29) is 5.54 Å². The van der Waals surface area contributed by atoms with Crippen molar-refractivity contribution in [3.63, 3.8) is 0 Å². The van der Waals surface area contributed by atoms with Crippen molar-refractivity contribution in [3.8, 4) is 0 Å². The molecule has 1 aliphatic heterocycles. The second-order valence-electron chi connectivity index (χ2n) is 5.76. The molecule has 0 aliphatic carbocycles. The van der Waals surface area contributed by atoms with E-state index in [1.807, 2.05) is 6.08 Å². The van der Waals surface area contributed by atoms with E-state index in [1.165, 1.54) is 19.6 Å². The van der Waals surface area contributed by atoms with Crippen molar-refractivity contribution in [1.29, 1.82) is 0 Å². The molecule has 1 fully saturated rings. The molecule has 0 aromatic carbocycles. The van der Waals surface area contributed by atoms with Gasteiger partial charge in [0.2, 0.25) is 0 Å². The number of nitrogens with one attached hydrogen (secondary N) is 1. The molecule has 0 aromatic heterocycles. The van der Waals surface area contributed by atoms with Crippen LogP contribution in [0.2, 0.25) is 0 Å². The normalized spacial score (nSPS) is 27.3. The number of hydrogen-bond donors (Lipinski definition) is 1. The molecular weight excluding hydrogens is 184 g/mol. The number of hydrogen-bond acceptors (Lipinski definition) is 2. The molecule has 0 radical (unpaired) electrons. The molecular formula is C13H26N2. The first-order valence-corrected chi connectivity index (χ1v) is 6.02. The second-order valence-corrected chi connectivity index (χ2v) is 5.76. The van der Waals surface area contributed by atoms with E-state index < -0.39 is 0 Å². The Balaban J connectivity index is 2.54. The van der Waals surface area contributed by atoms with Crippen LogP contribution in [0.15, 0.2) is 12.7 Å². The summed E-state index contributed by atoms with van der Waals surface area (Å²) in [5, 5.41) is 3.47. The second kappa shape index (κ2) is 5.13. The Hall–Kier alpha value is -0.340. The molecule has 0 spiro atoms. The van der Waals surface area contributed by atoms with E-state index in [0.29, 0.717) is 0 Å². The smallest absolute Gasteiger partial charge is 0.0165 e. The highest BCUT2D eigenvalue weighted by Gasteiger charge is 2.28. The standard InChI is InChI=1S/C13H26N2/c1-6-7-15(13(3,4)5)10-12-9-14-8-11(12)2/h6,11-12,14H,1,7-10H2,2-5H3/t11-,12+/m1/s1. The highest BCUT2D eigenvalue weighted by atomic mass is 15.2. The van der Waals surface area contributed by atoms with Crippen molar-refractivity contribution in [1.82, 2.24) is 10.2 Å². The van der Waals surface area contributed by atoms with Crippen molar-refractivity contribution < 1.29 is 0 Å². The maximum atomic E-state index is 3.85. The van der Waals surface area contributed by atoms with Crippen molar-refractivity contribution in [2.75, 3.05) is 26.2 Å². The summed E-state index contributed by atoms with van der Waals surface area (Å²) < 4.78 is 0. The van der Waals surface area contributed by atoms with Crippen LogP contribution in [0.25, 0.3) is 0 Å². The van der Waals surface area contributed by atoms with Crippen LogP contribution < -0.4 is 5.32 Å². The van der Waals surface area contributed by atoms with Crippen molar-refractivity contribution in [2.24, 2.45) is 11.8 Å². The molecule has 2 atom stereocenters. The lowest BCUT2D eigenvalue weighted by molar-refractivity contribution is 0.123. The Labute approximate surface area is 94.7 Å². The van der Waals surface area contributed by atoms with Crippen LogP contribution in [-0.2, 0) is 0 Å². The molecule has 1 rings (SSSR count). The van der Waals surface area contributed by atoms with Crippen molar-refractivity contribution in [2.45, 2.75) is 33.2 Å². The quantitative estimate of drug-likeness (QED) is 0.715. The molecule has 1 saturated heterocycles. The Kier molecular flexibility index (Phi) is 4.35. The van der Waals surface area contributed by atoms with E-state index in [4.69, 9.17) is 0 Å². The lowest BCUT2D eigenvalue weighted by Gasteiger charge is -2.37. The topological polar surface area (TPSA) is 15.3 Å². The van der Waals surface area contributed by atoms with Crippen LogP contribution in [0.1, 0.15) is 27.7 Å². The van der Waals surface area contributed by atoms with Gasteiger partial charge in [0, 0.05) is 18.6 Å². The lowest BCUT2D eigenvalue weighted by atomic mass is 9.95. The SMILES string of the molecule is C=CCN(C[C@@H]1CNC[C@H]1C)C(C)(C)C. The Morgan fingerprint density at radius 2 is 2.07 bits per heavy atom. The molecule has 1 aliphatic rings. The van der Waals surface area contributed by atoms with Gasteiger partial charge in [0.15, 0.2) is 0 Å². The summed E-state index contributed by atoms with van der Waals surface area (Å²) in [5.74, 6) is 1.60. The third-order valence-electron chi connectivity index (χ3n) is 3.43. The predicted octanol–water partition coefficient (Wildman–Crippen LogP) is 2.13. The zero-order chi connectivity index (χ0) is 11.5. The highest BCUT2D eigenvalue weighted by molar-refractivity contribution is 4.88. The summed E-state index contributed by atoms with van der Waals surface area (Å²) >= 11 is 0. The highest BCUT2D eigenvalue weighted by Crippen LogP contribution is 2.21. The Morgan fingerprint density at radius 1 is 1.40 bits per heavy atom. The van der Waals surface area contributed by atoms with Gasteiger partial charge in [0.05, 0.1) is 0 Å². The van der Waals surface area contributed by atoms with Gasteiger partial charge in [0.1, 0.15) is 0 Å². The van der Waals surface area contributed by atoms with Crippen molar-refractivity contribution >= 4 is 0 Å². The van der Waals surface area contributed by atoms with Crippen molar-refractivity contribution in [3.05, 3.63) is 12.7 Å². The van der Waals surface area contributed by atoms with E-state index in [0.717, 1.165) is 18.4 Å². The molecule has 2 nitrogen and oxygen atoms in total. The average molecular weight is 210 g/mol. The molecule has 0 amide bonds. The van der Waals surface area contributed by atoms with E-state index >= 15 is 0 Å². The van der Waals surface area contributed by atoms with Gasteiger partial charge < -0.3 is 5.32 Å². The minimum absolute atomic E-state index is 0.247. The van der Waals surface area contributed by atoms with E-state index in [2.05, 4.69) is 44.5 Å². The third-order valence-corrected chi connectivity index (χ3v) is 3.43. The number of nitrogens with zero attached hydrogens (tertiary/aromatic N) is 1. The molecule has 0 unspecified atom stereocenters. The van der Waals surface area contributed by atoms with Crippen LogP contribution in [0.5, 0.6) is 0 Å². The third kappa shape index (κ3) is 3.62. The maximum absolute atomic E-state index is 3.85. The lowest BCUT2D eigenvalue weighted by Crippen LogP contribution is -2.45. The summed E-state index contributed by atoms with van der Waals surface area (Å²) in [6, 6.07) is 0. The molecule has 15 heavy (non-hydrogen) atoms. The summed E-state index contributed by atoms with van der Waals surface area (Å²) in [6.45, 7) is 17.6. The largest absolute Gasteiger partial charge is 0.316 e. The van der Waals surface area contributed by atoms with E-state index in [9.17, 15) is 0 Å². The van der Waals surface area contributed by atoms with Gasteiger partial charge in [0.25, 0.3) is 0 Å². The minimum Gasteiger partial charge on any atom is -0.316 e. The van der Waals surface area contributed by atoms with Gasteiger partial charge in [-0.1, -0.05) is 13.0 Å². The van der Waals surface area contributed by atoms with Gasteiger partial charge in [-0.2, -0.15) is 0 Å². The van der Waals surface area contributed by atoms with Gasteiger partial charge in [-0.05, 0) is 45.7 Å². The zero-order valence-electron chi connectivity index (χ0n) is 10.7. The first-order chi connectivity index (χ1) is 6.95. The molecule has 0 saturated carbocycles. The fourth-order valence-electron chi connectivity index (χ4n) is 2.17. The molecule has 1 N–H and O–H groups in total. The van der Waals surface area contributed by atoms with Gasteiger partial charge >= 0.3 is 0 Å². The predicted molar refractivity (Wildman–Crippen MR) is 67.0 cm³/mol. The summed E-state index contributed by atoms with van der Waals surface area (Å²) in [6.07, 6.45) is 2.01. The summed E-state index contributed by atoms with van der Waals surface area (Å²) in [7, 11) is 0. The van der Waals surface area contributed by atoms with Crippen LogP contribution in [0, 0.1) is 11.8 Å². The van der Waals surface area contributed by atoms with Crippen LogP contribution in [0.4, 0.5) is 0 Å². The molecule has 88 valence electrons. The zero-order valence-corrected chi connectivity index (χ0v) is 10.7. The monoisotopic (exact) mass is 210 g/mol. The fourth-order valence-corrected chi connectivity index (χ4v) is 2.17. The summed E-state index contributed by atoms with van der Waals surface area (Å²) in [4.78, 5) is 2.52. The van der Waals surface area contributed by atoms with Crippen LogP contribution in [-0.4, -0.2) is 36.6 Å². The Morgan fingerprint density at radius 3 is 2.47 bits per heavy atom. The molecule has 2 heteroatoms. The average Bonchev–Trinajstić information content (AvgIpc) is 2.49. The van der Waals surface area contributed by atoms with Gasteiger partial charge in [-0.15, -0.1) is 6.58 Å². The van der Waals surface area contributed by atoms with Gasteiger partial charge in [-0.25, -0.2) is 0 Å². The Bertz CT molecular complexity index is 205.